The van der Waals surface area contributed by atoms with Crippen molar-refractivity contribution >= 4 is 29.6 Å². The van der Waals surface area contributed by atoms with E-state index in [0.29, 0.717) is 29.6 Å². The molecular formula is C13H20N8O2S. The van der Waals surface area contributed by atoms with Crippen LogP contribution in [0.3, 0.4) is 0 Å². The Morgan fingerprint density at radius 2 is 2.08 bits per heavy atom. The first kappa shape index (κ1) is 17.9. The number of thioether (sulfide) groups is 1. The van der Waals surface area contributed by atoms with Gasteiger partial charge in [0.1, 0.15) is 6.33 Å². The Kier molecular flexibility index (Phi) is 6.29. The van der Waals surface area contributed by atoms with Crippen LogP contribution in [0.4, 0.5) is 11.9 Å². The minimum Gasteiger partial charge on any atom is -0.465 e. The highest BCUT2D eigenvalue weighted by molar-refractivity contribution is 7.99. The molecule has 0 fully saturated rings. The molecule has 2 aromatic heterocycles. The number of ether oxygens (including phenoxy) is 1. The predicted molar refractivity (Wildman–Crippen MR) is 90.4 cm³/mol. The third-order valence-corrected chi connectivity index (χ3v) is 3.39. The van der Waals surface area contributed by atoms with Crippen molar-refractivity contribution in [3.05, 3.63) is 6.33 Å². The first-order chi connectivity index (χ1) is 11.5. The molecule has 0 aliphatic heterocycles. The standard InChI is InChI=1S/C13H20N8O2S/c1-5-23-9(22)6-24-13-15-7-21(20-13)12-18-10(14-4)17-11(19-12)16-8(2)3/h7-8H,5-6H2,1-4H3,(H2,14,16,17,18,19). The zero-order chi connectivity index (χ0) is 17.5. The number of rotatable bonds is 8. The van der Waals surface area contributed by atoms with Gasteiger partial charge in [-0.3, -0.25) is 4.79 Å². The molecule has 0 aliphatic rings. The molecule has 0 aromatic carbocycles. The maximum absolute atomic E-state index is 11.4. The minimum absolute atomic E-state index is 0.150. The number of hydrogen-bond acceptors (Lipinski definition) is 10. The highest BCUT2D eigenvalue weighted by atomic mass is 32.2. The van der Waals surface area contributed by atoms with Gasteiger partial charge < -0.3 is 15.4 Å². The van der Waals surface area contributed by atoms with Gasteiger partial charge in [0.05, 0.1) is 12.4 Å². The van der Waals surface area contributed by atoms with Gasteiger partial charge in [0, 0.05) is 13.1 Å². The second-order valence-corrected chi connectivity index (χ2v) is 5.84. The van der Waals surface area contributed by atoms with Crippen molar-refractivity contribution in [2.75, 3.05) is 30.0 Å². The van der Waals surface area contributed by atoms with Gasteiger partial charge >= 0.3 is 5.97 Å². The molecule has 2 aromatic rings. The average Bonchev–Trinajstić information content (AvgIpc) is 3.01. The molecule has 0 amide bonds. The highest BCUT2D eigenvalue weighted by Crippen LogP contribution is 2.14. The van der Waals surface area contributed by atoms with E-state index in [2.05, 4.69) is 35.7 Å². The lowest BCUT2D eigenvalue weighted by Gasteiger charge is -2.10. The molecule has 2 N–H and O–H groups in total. The summed E-state index contributed by atoms with van der Waals surface area (Å²) in [7, 11) is 1.72. The normalized spacial score (nSPS) is 10.7. The monoisotopic (exact) mass is 352 g/mol. The Balaban J connectivity index is 2.15. The number of aromatic nitrogens is 6. The van der Waals surface area contributed by atoms with E-state index in [1.807, 2.05) is 13.8 Å². The summed E-state index contributed by atoms with van der Waals surface area (Å²) in [4.78, 5) is 28.3. The fourth-order valence-electron chi connectivity index (χ4n) is 1.64. The molecule has 2 heterocycles. The van der Waals surface area contributed by atoms with Gasteiger partial charge in [0.15, 0.2) is 0 Å². The third-order valence-electron chi connectivity index (χ3n) is 2.57. The SMILES string of the molecule is CCOC(=O)CSc1ncn(-c2nc(NC)nc(NC(C)C)n2)n1. The van der Waals surface area contributed by atoms with Crippen molar-refractivity contribution in [3.63, 3.8) is 0 Å². The van der Waals surface area contributed by atoms with E-state index in [9.17, 15) is 4.79 Å². The van der Waals surface area contributed by atoms with E-state index >= 15 is 0 Å². The van der Waals surface area contributed by atoms with Crippen LogP contribution in [-0.4, -0.2) is 61.1 Å². The van der Waals surface area contributed by atoms with Crippen LogP contribution in [0, 0.1) is 0 Å². The lowest BCUT2D eigenvalue weighted by molar-refractivity contribution is -0.139. The molecule has 2 rings (SSSR count). The van der Waals surface area contributed by atoms with Crippen LogP contribution < -0.4 is 10.6 Å². The van der Waals surface area contributed by atoms with Crippen LogP contribution >= 0.6 is 11.8 Å². The van der Waals surface area contributed by atoms with Crippen LogP contribution in [0.15, 0.2) is 11.5 Å². The van der Waals surface area contributed by atoms with Gasteiger partial charge in [-0.2, -0.15) is 19.6 Å². The molecule has 11 heteroatoms. The zero-order valence-corrected chi connectivity index (χ0v) is 14.8. The maximum Gasteiger partial charge on any atom is 0.316 e. The number of nitrogens with zero attached hydrogens (tertiary/aromatic N) is 6. The number of carbonyl (C=O) groups is 1. The Morgan fingerprint density at radius 3 is 2.75 bits per heavy atom. The summed E-state index contributed by atoms with van der Waals surface area (Å²) in [5, 5.41) is 10.7. The van der Waals surface area contributed by atoms with Gasteiger partial charge in [-0.25, -0.2) is 4.98 Å². The first-order valence-electron chi connectivity index (χ1n) is 7.42. The first-order valence-corrected chi connectivity index (χ1v) is 8.41. The fraction of sp³-hybridized carbons (Fsp3) is 0.538. The van der Waals surface area contributed by atoms with Crippen molar-refractivity contribution in [1.29, 1.82) is 0 Å². The highest BCUT2D eigenvalue weighted by Gasteiger charge is 2.12. The second-order valence-electron chi connectivity index (χ2n) is 4.90. The topological polar surface area (TPSA) is 120 Å². The fourth-order valence-corrected chi connectivity index (χ4v) is 2.24. The number of anilines is 2. The van der Waals surface area contributed by atoms with Crippen LogP contribution in [0.5, 0.6) is 0 Å². The molecule has 24 heavy (non-hydrogen) atoms. The molecule has 0 bridgehead atoms. The molecule has 0 saturated heterocycles. The number of nitrogens with one attached hydrogen (secondary N) is 2. The van der Waals surface area contributed by atoms with Crippen molar-refractivity contribution in [2.45, 2.75) is 32.0 Å². The molecule has 130 valence electrons. The van der Waals surface area contributed by atoms with Crippen molar-refractivity contribution in [2.24, 2.45) is 0 Å². The minimum atomic E-state index is -0.306. The largest absolute Gasteiger partial charge is 0.465 e. The number of esters is 1. The van der Waals surface area contributed by atoms with Crippen molar-refractivity contribution in [3.8, 4) is 5.95 Å². The van der Waals surface area contributed by atoms with Crippen LogP contribution in [0.25, 0.3) is 5.95 Å². The summed E-state index contributed by atoms with van der Waals surface area (Å²) < 4.78 is 6.30. The summed E-state index contributed by atoms with van der Waals surface area (Å²) in [6.45, 7) is 6.09. The molecular weight excluding hydrogens is 332 g/mol. The Bertz CT molecular complexity index is 690. The summed E-state index contributed by atoms with van der Waals surface area (Å²) in [6, 6.07) is 0.177. The third kappa shape index (κ3) is 5.05. The Morgan fingerprint density at radius 1 is 1.33 bits per heavy atom. The molecule has 10 nitrogen and oxygen atoms in total. The van der Waals surface area contributed by atoms with Gasteiger partial charge in [0.25, 0.3) is 5.95 Å². The molecule has 0 unspecified atom stereocenters. The number of carbonyl (C=O) groups excluding carboxylic acids is 1. The molecule has 0 aliphatic carbocycles. The lowest BCUT2D eigenvalue weighted by Crippen LogP contribution is -2.16. The quantitative estimate of drug-likeness (QED) is 0.525. The van der Waals surface area contributed by atoms with Gasteiger partial charge in [-0.05, 0) is 20.8 Å². The van der Waals surface area contributed by atoms with Gasteiger partial charge in [-0.1, -0.05) is 11.8 Å². The zero-order valence-electron chi connectivity index (χ0n) is 14.0. The summed E-state index contributed by atoms with van der Waals surface area (Å²) in [6.07, 6.45) is 1.49. The second kappa shape index (κ2) is 8.43. The van der Waals surface area contributed by atoms with Crippen LogP contribution in [0.2, 0.25) is 0 Å². The van der Waals surface area contributed by atoms with Gasteiger partial charge in [0.2, 0.25) is 17.1 Å². The predicted octanol–water partition coefficient (Wildman–Crippen LogP) is 0.969. The smallest absolute Gasteiger partial charge is 0.316 e. The van der Waals surface area contributed by atoms with E-state index in [-0.39, 0.29) is 17.8 Å². The Hall–Kier alpha value is -2.43. The summed E-state index contributed by atoms with van der Waals surface area (Å²) in [5.41, 5.74) is 0. The summed E-state index contributed by atoms with van der Waals surface area (Å²) >= 11 is 1.19. The summed E-state index contributed by atoms with van der Waals surface area (Å²) in [5.74, 6) is 1.03. The maximum atomic E-state index is 11.4. The van der Waals surface area contributed by atoms with E-state index in [1.54, 1.807) is 14.0 Å². The molecule has 0 atom stereocenters. The molecule has 0 saturated carbocycles. The van der Waals surface area contributed by atoms with Crippen molar-refractivity contribution in [1.82, 2.24) is 29.7 Å². The Labute approximate surface area is 143 Å². The van der Waals surface area contributed by atoms with E-state index in [1.165, 1.54) is 22.8 Å². The van der Waals surface area contributed by atoms with Gasteiger partial charge in [-0.15, -0.1) is 5.10 Å². The van der Waals surface area contributed by atoms with Crippen molar-refractivity contribution < 1.29 is 9.53 Å². The van der Waals surface area contributed by atoms with Crippen LogP contribution in [0.1, 0.15) is 20.8 Å². The van der Waals surface area contributed by atoms with E-state index < -0.39 is 0 Å². The average molecular weight is 352 g/mol. The molecule has 0 radical (unpaired) electrons. The molecule has 0 spiro atoms. The van der Waals surface area contributed by atoms with E-state index in [4.69, 9.17) is 4.74 Å². The lowest BCUT2D eigenvalue weighted by atomic mass is 10.4. The number of hydrogen-bond donors (Lipinski definition) is 2. The van der Waals surface area contributed by atoms with Crippen LogP contribution in [-0.2, 0) is 9.53 Å². The van der Waals surface area contributed by atoms with E-state index in [0.717, 1.165) is 0 Å².